The zero-order chi connectivity index (χ0) is 33.1. The highest BCUT2D eigenvalue weighted by atomic mass is 35.5. The van der Waals surface area contributed by atoms with Gasteiger partial charge in [-0.1, -0.05) is 65.0 Å². The third kappa shape index (κ3) is 5.71. The number of anilines is 2. The lowest BCUT2D eigenvalue weighted by atomic mass is 9.83. The SMILES string of the molecule is O=C(Cn1c2c(sc1=O)[C@@H](c1ccc(Cl)cc1)[C@@H]1C(=O)N(c3cccc(C(F)(F)F)c3)C(=O)[C@@H]1S2)Nc1ccccc1C(F)(F)F. The molecule has 2 aliphatic heterocycles. The number of para-hydroxylation sites is 1. The van der Waals surface area contributed by atoms with Crippen molar-refractivity contribution in [1.29, 1.82) is 0 Å². The van der Waals surface area contributed by atoms with E-state index in [0.29, 0.717) is 37.8 Å². The molecule has 2 aliphatic rings. The van der Waals surface area contributed by atoms with Gasteiger partial charge in [-0.25, -0.2) is 4.90 Å². The van der Waals surface area contributed by atoms with Crippen LogP contribution in [-0.2, 0) is 33.3 Å². The third-order valence-electron chi connectivity index (χ3n) is 7.52. The first-order valence-electron chi connectivity index (χ1n) is 13.3. The molecule has 4 aromatic rings. The summed E-state index contributed by atoms with van der Waals surface area (Å²) in [5, 5.41) is 1.48. The van der Waals surface area contributed by atoms with Crippen molar-refractivity contribution in [3.8, 4) is 0 Å². The van der Waals surface area contributed by atoms with E-state index in [1.165, 1.54) is 24.3 Å². The number of thioether (sulfide) groups is 1. The lowest BCUT2D eigenvalue weighted by Gasteiger charge is -2.30. The quantitative estimate of drug-likeness (QED) is 0.179. The van der Waals surface area contributed by atoms with Crippen LogP contribution in [0.3, 0.4) is 0 Å². The van der Waals surface area contributed by atoms with Crippen LogP contribution in [0.5, 0.6) is 0 Å². The second kappa shape index (κ2) is 11.6. The summed E-state index contributed by atoms with van der Waals surface area (Å²) in [6, 6.07) is 14.3. The molecule has 3 aromatic carbocycles. The Morgan fingerprint density at radius 3 is 2.24 bits per heavy atom. The van der Waals surface area contributed by atoms with E-state index in [9.17, 15) is 45.5 Å². The predicted octanol–water partition coefficient (Wildman–Crippen LogP) is 7.04. The van der Waals surface area contributed by atoms with Crippen LogP contribution < -0.4 is 15.1 Å². The molecule has 6 rings (SSSR count). The van der Waals surface area contributed by atoms with E-state index < -0.39 is 75.4 Å². The van der Waals surface area contributed by atoms with Crippen molar-refractivity contribution >= 4 is 63.8 Å². The number of carbonyl (C=O) groups excluding carboxylic acids is 3. The molecule has 1 fully saturated rings. The smallest absolute Gasteiger partial charge is 0.324 e. The van der Waals surface area contributed by atoms with E-state index in [1.807, 2.05) is 0 Å². The molecule has 1 N–H and O–H groups in total. The highest BCUT2D eigenvalue weighted by molar-refractivity contribution is 8.00. The van der Waals surface area contributed by atoms with E-state index in [2.05, 4.69) is 5.32 Å². The van der Waals surface area contributed by atoms with Gasteiger partial charge in [0.2, 0.25) is 17.7 Å². The van der Waals surface area contributed by atoms with Gasteiger partial charge in [-0.05, 0) is 48.0 Å². The van der Waals surface area contributed by atoms with Gasteiger partial charge in [0, 0.05) is 15.8 Å². The molecular weight excluding hydrogens is 680 g/mol. The third-order valence-corrected chi connectivity index (χ3v) is 10.4. The lowest BCUT2D eigenvalue weighted by Crippen LogP contribution is -2.33. The molecular formula is C30H18ClF6N3O4S2. The van der Waals surface area contributed by atoms with Crippen LogP contribution in [0.4, 0.5) is 37.7 Å². The second-order valence-corrected chi connectivity index (χ2v) is 12.9. The van der Waals surface area contributed by atoms with Gasteiger partial charge in [-0.15, -0.1) is 0 Å². The molecule has 238 valence electrons. The average molecular weight is 698 g/mol. The van der Waals surface area contributed by atoms with Gasteiger partial charge in [0.1, 0.15) is 11.8 Å². The van der Waals surface area contributed by atoms with Crippen molar-refractivity contribution in [2.24, 2.45) is 5.92 Å². The number of benzene rings is 3. The Morgan fingerprint density at radius 1 is 0.870 bits per heavy atom. The van der Waals surface area contributed by atoms with Gasteiger partial charge in [-0.2, -0.15) is 26.3 Å². The number of thiazole rings is 1. The second-order valence-electron chi connectivity index (χ2n) is 10.4. The molecule has 3 amide bonds. The molecule has 0 radical (unpaired) electrons. The van der Waals surface area contributed by atoms with Gasteiger partial charge >= 0.3 is 17.2 Å². The van der Waals surface area contributed by atoms with Crippen LogP contribution in [0.15, 0.2) is 82.6 Å². The molecule has 46 heavy (non-hydrogen) atoms. The van der Waals surface area contributed by atoms with E-state index in [0.717, 1.165) is 46.7 Å². The van der Waals surface area contributed by atoms with Crippen molar-refractivity contribution in [1.82, 2.24) is 4.57 Å². The number of fused-ring (bicyclic) bond motifs is 2. The minimum absolute atomic E-state index is 0.141. The number of rotatable bonds is 5. The number of nitrogens with one attached hydrogen (secondary N) is 1. The van der Waals surface area contributed by atoms with Crippen LogP contribution in [-0.4, -0.2) is 27.5 Å². The number of aromatic nitrogens is 1. The van der Waals surface area contributed by atoms with E-state index in [1.54, 1.807) is 12.1 Å². The molecule has 0 spiro atoms. The molecule has 16 heteroatoms. The molecule has 1 aromatic heterocycles. The maximum absolute atomic E-state index is 13.9. The fraction of sp³-hybridized carbons (Fsp3) is 0.200. The number of alkyl halides is 6. The molecule has 0 unspecified atom stereocenters. The molecule has 3 atom stereocenters. The molecule has 0 saturated carbocycles. The maximum atomic E-state index is 13.9. The Bertz CT molecular complexity index is 1940. The van der Waals surface area contributed by atoms with E-state index in [4.69, 9.17) is 11.6 Å². The van der Waals surface area contributed by atoms with Crippen molar-refractivity contribution in [3.63, 3.8) is 0 Å². The number of imide groups is 1. The fourth-order valence-corrected chi connectivity index (χ4v) is 8.43. The standard InChI is InChI=1S/C30H18ClF6N3O4S2/c31-16-10-8-14(9-11-16)21-22-23(26(43)40(25(22)42)17-5-3-4-15(12-17)29(32,33)34)45-27-24(21)46-28(44)39(27)13-20(41)38-19-7-2-1-6-18(19)30(35,36)37/h1-12,21-23H,13H2,(H,38,41)/t21-,22-,23+/m0/s1. The normalized spacial score (nSPS) is 19.6. The van der Waals surface area contributed by atoms with Crippen LogP contribution in [0.2, 0.25) is 5.02 Å². The zero-order valence-electron chi connectivity index (χ0n) is 22.9. The highest BCUT2D eigenvalue weighted by Crippen LogP contribution is 2.54. The number of halogens is 7. The summed E-state index contributed by atoms with van der Waals surface area (Å²) in [7, 11) is 0. The van der Waals surface area contributed by atoms with Crippen molar-refractivity contribution in [2.75, 3.05) is 10.2 Å². The Morgan fingerprint density at radius 2 is 1.57 bits per heavy atom. The van der Waals surface area contributed by atoms with E-state index >= 15 is 0 Å². The zero-order valence-corrected chi connectivity index (χ0v) is 25.2. The first-order valence-corrected chi connectivity index (χ1v) is 15.4. The summed E-state index contributed by atoms with van der Waals surface area (Å²) in [4.78, 5) is 54.3. The predicted molar refractivity (Wildman–Crippen MR) is 159 cm³/mol. The van der Waals surface area contributed by atoms with Crippen molar-refractivity contribution < 1.29 is 40.7 Å². The Kier molecular flexibility index (Phi) is 8.05. The summed E-state index contributed by atoms with van der Waals surface area (Å²) in [5.74, 6) is -4.62. The average Bonchev–Trinajstić information content (AvgIpc) is 3.43. The summed E-state index contributed by atoms with van der Waals surface area (Å²) in [5.41, 5.74) is -2.47. The molecule has 0 bridgehead atoms. The van der Waals surface area contributed by atoms with Crippen LogP contribution in [0.1, 0.15) is 27.5 Å². The Balaban J connectivity index is 1.40. The Labute approximate surface area is 268 Å². The summed E-state index contributed by atoms with van der Waals surface area (Å²) in [6.07, 6.45) is -9.50. The van der Waals surface area contributed by atoms with Gasteiger partial charge in [0.05, 0.1) is 33.4 Å². The Hall–Kier alpha value is -4.08. The number of hydrogen-bond acceptors (Lipinski definition) is 6. The van der Waals surface area contributed by atoms with Crippen LogP contribution in [0.25, 0.3) is 0 Å². The first-order chi connectivity index (χ1) is 21.6. The molecule has 0 aliphatic carbocycles. The van der Waals surface area contributed by atoms with Gasteiger partial charge < -0.3 is 5.32 Å². The number of carbonyl (C=O) groups is 3. The first kappa shape index (κ1) is 31.9. The summed E-state index contributed by atoms with van der Waals surface area (Å²) >= 11 is 7.57. The topological polar surface area (TPSA) is 88.5 Å². The molecule has 7 nitrogen and oxygen atoms in total. The van der Waals surface area contributed by atoms with Gasteiger partial charge in [0.25, 0.3) is 0 Å². The number of hydrogen-bond donors (Lipinski definition) is 1. The van der Waals surface area contributed by atoms with Crippen LogP contribution >= 0.6 is 34.7 Å². The van der Waals surface area contributed by atoms with Gasteiger partial charge in [0.15, 0.2) is 0 Å². The summed E-state index contributed by atoms with van der Waals surface area (Å²) < 4.78 is 81.9. The van der Waals surface area contributed by atoms with Crippen LogP contribution in [0, 0.1) is 5.92 Å². The minimum Gasteiger partial charge on any atom is -0.324 e. The van der Waals surface area contributed by atoms with Crippen molar-refractivity contribution in [2.45, 2.75) is 35.1 Å². The van der Waals surface area contributed by atoms with Gasteiger partial charge in [-0.3, -0.25) is 23.7 Å². The monoisotopic (exact) mass is 697 g/mol. The maximum Gasteiger partial charge on any atom is 0.418 e. The highest BCUT2D eigenvalue weighted by Gasteiger charge is 2.57. The van der Waals surface area contributed by atoms with Crippen molar-refractivity contribution in [3.05, 3.63) is 109 Å². The van der Waals surface area contributed by atoms with E-state index in [-0.39, 0.29) is 10.7 Å². The number of amides is 3. The fourth-order valence-electron chi connectivity index (χ4n) is 5.53. The minimum atomic E-state index is -4.76. The number of nitrogens with zero attached hydrogens (tertiary/aromatic N) is 2. The lowest BCUT2D eigenvalue weighted by molar-refractivity contribution is -0.138. The largest absolute Gasteiger partial charge is 0.418 e. The molecule has 3 heterocycles. The molecule has 1 saturated heterocycles. The summed E-state index contributed by atoms with van der Waals surface area (Å²) in [6.45, 7) is -0.714.